The second-order valence-electron chi connectivity index (χ2n) is 9.07. The van der Waals surface area contributed by atoms with Crippen molar-refractivity contribution in [2.24, 2.45) is 0 Å². The number of hydrogen-bond donors (Lipinski definition) is 0. The number of rotatable bonds is 5. The maximum atomic E-state index is 13.7. The van der Waals surface area contributed by atoms with Gasteiger partial charge in [-0.2, -0.15) is 4.31 Å². The summed E-state index contributed by atoms with van der Waals surface area (Å²) in [6.07, 6.45) is 3.85. The minimum Gasteiger partial charge on any atom is -0.497 e. The quantitative estimate of drug-likeness (QED) is 0.630. The summed E-state index contributed by atoms with van der Waals surface area (Å²) in [5.41, 5.74) is 1.42. The third-order valence-corrected chi connectivity index (χ3v) is 8.81. The van der Waals surface area contributed by atoms with Gasteiger partial charge in [-0.25, -0.2) is 8.42 Å². The van der Waals surface area contributed by atoms with Crippen molar-refractivity contribution in [2.45, 2.75) is 43.5 Å². The van der Waals surface area contributed by atoms with Crippen LogP contribution in [-0.4, -0.2) is 74.2 Å². The molecule has 35 heavy (non-hydrogen) atoms. The first-order valence-corrected chi connectivity index (χ1v) is 13.6. The van der Waals surface area contributed by atoms with Gasteiger partial charge in [0.15, 0.2) is 0 Å². The Labute approximate surface area is 207 Å². The number of benzene rings is 2. The van der Waals surface area contributed by atoms with Crippen LogP contribution in [0.3, 0.4) is 0 Å². The Bertz CT molecular complexity index is 1160. The molecule has 0 saturated carbocycles. The lowest BCUT2D eigenvalue weighted by molar-refractivity contribution is -0.129. The lowest BCUT2D eigenvalue weighted by atomic mass is 10.00. The number of carbonyl (C=O) groups is 2. The summed E-state index contributed by atoms with van der Waals surface area (Å²) in [7, 11) is -2.14. The van der Waals surface area contributed by atoms with Crippen LogP contribution >= 0.6 is 0 Å². The minimum atomic E-state index is -3.77. The normalized spacial score (nSPS) is 19.8. The highest BCUT2D eigenvalue weighted by Gasteiger charge is 2.31. The van der Waals surface area contributed by atoms with E-state index in [0.29, 0.717) is 25.2 Å². The molecule has 0 bridgehead atoms. The van der Waals surface area contributed by atoms with Gasteiger partial charge in [0.2, 0.25) is 15.9 Å². The van der Waals surface area contributed by atoms with E-state index in [-0.39, 0.29) is 35.8 Å². The molecule has 2 fully saturated rings. The monoisotopic (exact) mass is 499 g/mol. The fourth-order valence-electron chi connectivity index (χ4n) is 4.87. The van der Waals surface area contributed by atoms with E-state index < -0.39 is 10.0 Å². The predicted octanol–water partition coefficient (Wildman–Crippen LogP) is 3.31. The smallest absolute Gasteiger partial charge is 0.254 e. The summed E-state index contributed by atoms with van der Waals surface area (Å²) in [6, 6.07) is 14.1. The molecule has 0 spiro atoms. The van der Waals surface area contributed by atoms with Gasteiger partial charge in [-0.1, -0.05) is 31.0 Å². The molecule has 2 saturated heterocycles. The van der Waals surface area contributed by atoms with Crippen LogP contribution in [-0.2, 0) is 14.8 Å². The van der Waals surface area contributed by atoms with Crippen molar-refractivity contribution in [1.29, 1.82) is 0 Å². The van der Waals surface area contributed by atoms with Gasteiger partial charge in [0.1, 0.15) is 5.75 Å². The number of methoxy groups -OCH3 is 1. The summed E-state index contributed by atoms with van der Waals surface area (Å²) in [5, 5.41) is 0. The van der Waals surface area contributed by atoms with Gasteiger partial charge in [-0.15, -0.1) is 0 Å². The van der Waals surface area contributed by atoms with E-state index >= 15 is 0 Å². The molecule has 2 aliphatic heterocycles. The van der Waals surface area contributed by atoms with Gasteiger partial charge < -0.3 is 14.5 Å². The average Bonchev–Trinajstić information content (AvgIpc) is 3.14. The highest BCUT2D eigenvalue weighted by atomic mass is 32.2. The van der Waals surface area contributed by atoms with Crippen molar-refractivity contribution >= 4 is 21.8 Å². The van der Waals surface area contributed by atoms with Crippen LogP contribution in [0.25, 0.3) is 0 Å². The highest BCUT2D eigenvalue weighted by molar-refractivity contribution is 7.89. The van der Waals surface area contributed by atoms with Crippen LogP contribution in [0.5, 0.6) is 5.75 Å². The molecule has 2 aliphatic rings. The van der Waals surface area contributed by atoms with Crippen molar-refractivity contribution in [1.82, 2.24) is 14.1 Å². The van der Waals surface area contributed by atoms with Gasteiger partial charge in [-0.05, 0) is 48.7 Å². The van der Waals surface area contributed by atoms with Crippen molar-refractivity contribution in [3.63, 3.8) is 0 Å². The van der Waals surface area contributed by atoms with Crippen LogP contribution in [0.1, 0.15) is 54.6 Å². The number of piperazine rings is 1. The third kappa shape index (κ3) is 5.51. The largest absolute Gasteiger partial charge is 0.497 e. The third-order valence-electron chi connectivity index (χ3n) is 6.92. The molecular formula is C26H33N3O5S. The molecule has 1 atom stereocenters. The highest BCUT2D eigenvalue weighted by Crippen LogP contribution is 2.32. The fraction of sp³-hybridized carbons (Fsp3) is 0.462. The van der Waals surface area contributed by atoms with E-state index in [1.165, 1.54) is 23.4 Å². The molecule has 188 valence electrons. The molecule has 0 aliphatic carbocycles. The van der Waals surface area contributed by atoms with E-state index in [9.17, 15) is 18.0 Å². The molecule has 0 radical (unpaired) electrons. The summed E-state index contributed by atoms with van der Waals surface area (Å²) in [6.45, 7) is 3.33. The summed E-state index contributed by atoms with van der Waals surface area (Å²) < 4.78 is 33.3. The zero-order valence-corrected chi connectivity index (χ0v) is 21.2. The number of likely N-dealkylation sites (tertiary alicyclic amines) is 1. The first kappa shape index (κ1) is 25.2. The topological polar surface area (TPSA) is 87.2 Å². The molecule has 0 unspecified atom stereocenters. The van der Waals surface area contributed by atoms with Gasteiger partial charge in [0.05, 0.1) is 18.0 Å². The number of amides is 2. The Hall–Kier alpha value is -2.91. The molecule has 2 amide bonds. The molecule has 9 heteroatoms. The number of hydrogen-bond acceptors (Lipinski definition) is 5. The van der Waals surface area contributed by atoms with Crippen LogP contribution in [0.4, 0.5) is 0 Å². The first-order valence-electron chi connectivity index (χ1n) is 12.1. The van der Waals surface area contributed by atoms with Crippen molar-refractivity contribution < 1.29 is 22.7 Å². The Balaban J connectivity index is 1.57. The van der Waals surface area contributed by atoms with Crippen LogP contribution < -0.4 is 4.74 Å². The van der Waals surface area contributed by atoms with Gasteiger partial charge in [0, 0.05) is 45.2 Å². The summed E-state index contributed by atoms with van der Waals surface area (Å²) in [4.78, 5) is 28.9. The van der Waals surface area contributed by atoms with Crippen LogP contribution in [0.15, 0.2) is 53.4 Å². The molecular weight excluding hydrogens is 466 g/mol. The van der Waals surface area contributed by atoms with Crippen molar-refractivity contribution in [3.05, 3.63) is 59.7 Å². The van der Waals surface area contributed by atoms with E-state index in [0.717, 1.165) is 37.0 Å². The van der Waals surface area contributed by atoms with Crippen molar-refractivity contribution in [2.75, 3.05) is 39.8 Å². The van der Waals surface area contributed by atoms with Crippen LogP contribution in [0, 0.1) is 0 Å². The van der Waals surface area contributed by atoms with Gasteiger partial charge in [0.25, 0.3) is 5.91 Å². The fourth-order valence-corrected chi connectivity index (χ4v) is 6.34. The Morgan fingerprint density at radius 3 is 2.29 bits per heavy atom. The van der Waals surface area contributed by atoms with E-state index in [1.807, 2.05) is 29.2 Å². The summed E-state index contributed by atoms with van der Waals surface area (Å²) >= 11 is 0. The van der Waals surface area contributed by atoms with E-state index in [4.69, 9.17) is 4.74 Å². The average molecular weight is 500 g/mol. The number of carbonyl (C=O) groups excluding carboxylic acids is 2. The number of sulfonamides is 1. The second kappa shape index (κ2) is 10.8. The number of nitrogens with zero attached hydrogens (tertiary/aromatic N) is 3. The SMILES string of the molecule is COc1ccc([C@@H]2CCCCCN2C(=O)c2cccc(S(=O)(=O)N3CCN(C(C)=O)CC3)c2)cc1. The molecule has 0 N–H and O–H groups in total. The number of ether oxygens (including phenoxy) is 1. The van der Waals surface area contributed by atoms with Crippen molar-refractivity contribution in [3.8, 4) is 5.75 Å². The maximum absolute atomic E-state index is 13.7. The molecule has 2 heterocycles. The lowest BCUT2D eigenvalue weighted by Crippen LogP contribution is -2.49. The molecule has 2 aromatic carbocycles. The Morgan fingerprint density at radius 2 is 1.63 bits per heavy atom. The second-order valence-corrected chi connectivity index (χ2v) is 11.0. The molecule has 0 aromatic heterocycles. The van der Waals surface area contributed by atoms with Crippen LogP contribution in [0.2, 0.25) is 0 Å². The van der Waals surface area contributed by atoms with Gasteiger partial charge in [-0.3, -0.25) is 9.59 Å². The maximum Gasteiger partial charge on any atom is 0.254 e. The zero-order chi connectivity index (χ0) is 25.0. The zero-order valence-electron chi connectivity index (χ0n) is 20.4. The molecule has 4 rings (SSSR count). The first-order chi connectivity index (χ1) is 16.8. The van der Waals surface area contributed by atoms with E-state index in [1.54, 1.807) is 24.1 Å². The predicted molar refractivity (Wildman–Crippen MR) is 133 cm³/mol. The van der Waals surface area contributed by atoms with Gasteiger partial charge >= 0.3 is 0 Å². The Kier molecular flexibility index (Phi) is 7.76. The Morgan fingerprint density at radius 1 is 0.914 bits per heavy atom. The van der Waals surface area contributed by atoms with E-state index in [2.05, 4.69) is 0 Å². The standard InChI is InChI=1S/C26H33N3O5S/c1-20(30)27-15-17-28(18-16-27)35(32,33)24-8-6-7-22(19-24)26(31)29-14-5-3-4-9-25(29)21-10-12-23(34-2)13-11-21/h6-8,10-13,19,25H,3-5,9,14-18H2,1-2H3/t25-/m0/s1. The minimum absolute atomic E-state index is 0.0569. The molecule has 2 aromatic rings. The summed E-state index contributed by atoms with van der Waals surface area (Å²) in [5.74, 6) is 0.548. The lowest BCUT2D eigenvalue weighted by Gasteiger charge is -2.33. The molecule has 8 nitrogen and oxygen atoms in total.